The number of benzene rings is 2. The summed E-state index contributed by atoms with van der Waals surface area (Å²) in [4.78, 5) is 26.5. The summed E-state index contributed by atoms with van der Waals surface area (Å²) in [7, 11) is 0. The largest absolute Gasteiger partial charge is 0.479 e. The van der Waals surface area contributed by atoms with E-state index >= 15 is 0 Å². The number of nitrogens with one attached hydrogen (secondary N) is 3. The van der Waals surface area contributed by atoms with E-state index in [2.05, 4.69) is 10.7 Å². The molecule has 1 amide bonds. The van der Waals surface area contributed by atoms with Gasteiger partial charge in [-0.1, -0.05) is 30.3 Å². The Kier molecular flexibility index (Phi) is 8.33. The molecule has 0 saturated carbocycles. The average molecular weight is 547 g/mol. The Bertz CT molecular complexity index is 1160. The molecule has 1 fully saturated rings. The molecule has 0 radical (unpaired) electrons. The SMILES string of the molecule is N=C(CN1CC(=O)N[C@@](COCc2cc(C(F)(F)F)cc(C(F)(F)F)c2)(C(=O)O)[C@@H]1c1ccccc1)NN. The Hall–Kier alpha value is -3.69. The molecule has 2 aromatic rings. The fourth-order valence-electron chi connectivity index (χ4n) is 4.25. The predicted octanol–water partition coefficient (Wildman–Crippen LogP) is 2.68. The molecule has 0 spiro atoms. The number of alkyl halides is 6. The molecule has 38 heavy (non-hydrogen) atoms. The zero-order chi connectivity index (χ0) is 28.3. The fraction of sp³-hybridized carbons (Fsp3) is 0.348. The van der Waals surface area contributed by atoms with Crippen LogP contribution in [0.4, 0.5) is 26.3 Å². The number of nitrogens with zero attached hydrogens (tertiary/aromatic N) is 1. The van der Waals surface area contributed by atoms with Crippen LogP contribution in [-0.4, -0.2) is 53.0 Å². The molecule has 1 aliphatic heterocycles. The first-order chi connectivity index (χ1) is 17.7. The molecule has 0 aliphatic carbocycles. The summed E-state index contributed by atoms with van der Waals surface area (Å²) in [5.41, 5.74) is -3.33. The number of hydrazine groups is 1. The number of carbonyl (C=O) groups is 2. The Morgan fingerprint density at radius 3 is 2.21 bits per heavy atom. The van der Waals surface area contributed by atoms with E-state index in [-0.39, 0.29) is 25.0 Å². The summed E-state index contributed by atoms with van der Waals surface area (Å²) in [6, 6.07) is 7.74. The second kappa shape index (κ2) is 11.0. The molecular weight excluding hydrogens is 524 g/mol. The Morgan fingerprint density at radius 2 is 1.71 bits per heavy atom. The maximum absolute atomic E-state index is 13.2. The van der Waals surface area contributed by atoms with E-state index in [1.54, 1.807) is 30.3 Å². The van der Waals surface area contributed by atoms with Gasteiger partial charge < -0.3 is 20.6 Å². The van der Waals surface area contributed by atoms with E-state index in [1.165, 1.54) is 4.90 Å². The first-order valence-corrected chi connectivity index (χ1v) is 10.9. The third-order valence-electron chi connectivity index (χ3n) is 5.82. The van der Waals surface area contributed by atoms with Gasteiger partial charge in [-0.05, 0) is 29.3 Å². The maximum atomic E-state index is 13.2. The number of aliphatic carboxylic acids is 1. The van der Waals surface area contributed by atoms with Crippen molar-refractivity contribution in [3.05, 3.63) is 70.8 Å². The third kappa shape index (κ3) is 6.41. The Balaban J connectivity index is 1.98. The zero-order valence-electron chi connectivity index (χ0n) is 19.5. The molecule has 2 atom stereocenters. The quantitative estimate of drug-likeness (QED) is 0.113. The van der Waals surface area contributed by atoms with E-state index in [0.29, 0.717) is 17.7 Å². The molecule has 0 unspecified atom stereocenters. The molecule has 6 N–H and O–H groups in total. The number of carboxylic acids is 1. The molecule has 1 saturated heterocycles. The number of amidine groups is 1. The summed E-state index contributed by atoms with van der Waals surface area (Å²) in [5, 5.41) is 20.5. The van der Waals surface area contributed by atoms with Gasteiger partial charge in [0.1, 0.15) is 5.84 Å². The average Bonchev–Trinajstić information content (AvgIpc) is 2.83. The molecule has 206 valence electrons. The third-order valence-corrected chi connectivity index (χ3v) is 5.82. The van der Waals surface area contributed by atoms with E-state index in [9.17, 15) is 41.0 Å². The minimum Gasteiger partial charge on any atom is -0.479 e. The molecule has 0 aromatic heterocycles. The van der Waals surface area contributed by atoms with Gasteiger partial charge in [0.15, 0.2) is 5.54 Å². The number of amides is 1. The van der Waals surface area contributed by atoms with Crippen molar-refractivity contribution in [3.8, 4) is 0 Å². The van der Waals surface area contributed by atoms with E-state index in [0.717, 1.165) is 0 Å². The van der Waals surface area contributed by atoms with Crippen LogP contribution in [0.2, 0.25) is 0 Å². The van der Waals surface area contributed by atoms with Gasteiger partial charge in [0.05, 0.1) is 43.5 Å². The normalized spacial score (nSPS) is 20.6. The van der Waals surface area contributed by atoms with Crippen LogP contribution in [0.5, 0.6) is 0 Å². The molecule has 1 aliphatic rings. The van der Waals surface area contributed by atoms with Crippen LogP contribution in [0.1, 0.15) is 28.3 Å². The van der Waals surface area contributed by atoms with Gasteiger partial charge in [-0.15, -0.1) is 0 Å². The number of carboxylic acid groups (broad SMARTS) is 1. The first-order valence-electron chi connectivity index (χ1n) is 10.9. The molecule has 9 nitrogen and oxygen atoms in total. The van der Waals surface area contributed by atoms with Crippen LogP contribution in [-0.2, 0) is 33.3 Å². The number of ether oxygens (including phenoxy) is 1. The lowest BCUT2D eigenvalue weighted by Crippen LogP contribution is -2.70. The lowest BCUT2D eigenvalue weighted by atomic mass is 9.82. The van der Waals surface area contributed by atoms with Crippen molar-refractivity contribution >= 4 is 17.7 Å². The number of rotatable bonds is 8. The predicted molar refractivity (Wildman–Crippen MR) is 120 cm³/mol. The first kappa shape index (κ1) is 28.9. The fourth-order valence-corrected chi connectivity index (χ4v) is 4.25. The van der Waals surface area contributed by atoms with Crippen LogP contribution in [0, 0.1) is 5.41 Å². The van der Waals surface area contributed by atoms with Gasteiger partial charge in [-0.2, -0.15) is 26.3 Å². The standard InChI is InChI=1S/C23H23F6N5O4/c24-22(25,26)15-6-13(7-16(8-15)23(27,28)29)11-38-12-21(20(36)37)19(14-4-2-1-3-5-14)34(9-17(30)33-31)10-18(35)32-21/h1-8,19H,9-12,31H2,(H2,30,33)(H,32,35)(H,36,37)/t19-,21+/m0/s1. The number of piperazine rings is 1. The second-order valence-electron chi connectivity index (χ2n) is 8.57. The van der Waals surface area contributed by atoms with Crippen LogP contribution in [0.25, 0.3) is 0 Å². The van der Waals surface area contributed by atoms with Gasteiger partial charge in [-0.25, -0.2) is 10.6 Å². The van der Waals surface area contributed by atoms with Gasteiger partial charge in [0.2, 0.25) is 5.91 Å². The second-order valence-corrected chi connectivity index (χ2v) is 8.57. The van der Waals surface area contributed by atoms with Crippen molar-refractivity contribution in [2.24, 2.45) is 5.84 Å². The minimum atomic E-state index is -5.07. The molecule has 3 rings (SSSR count). The zero-order valence-corrected chi connectivity index (χ0v) is 19.5. The van der Waals surface area contributed by atoms with Crippen molar-refractivity contribution in [2.45, 2.75) is 30.5 Å². The summed E-state index contributed by atoms with van der Waals surface area (Å²) in [5.74, 6) is 2.69. The number of carbonyl (C=O) groups excluding carboxylic acids is 1. The molecule has 15 heteroatoms. The highest BCUT2D eigenvalue weighted by Gasteiger charge is 2.54. The van der Waals surface area contributed by atoms with Crippen molar-refractivity contribution in [1.82, 2.24) is 15.6 Å². The highest BCUT2D eigenvalue weighted by atomic mass is 19.4. The summed E-state index contributed by atoms with van der Waals surface area (Å²) in [6.07, 6.45) is -10.1. The summed E-state index contributed by atoms with van der Waals surface area (Å²) < 4.78 is 84.6. The van der Waals surface area contributed by atoms with Crippen molar-refractivity contribution in [3.63, 3.8) is 0 Å². The number of nitrogens with two attached hydrogens (primary N) is 1. The smallest absolute Gasteiger partial charge is 0.416 e. The maximum Gasteiger partial charge on any atom is 0.416 e. The van der Waals surface area contributed by atoms with Crippen molar-refractivity contribution < 1.29 is 45.8 Å². The summed E-state index contributed by atoms with van der Waals surface area (Å²) >= 11 is 0. The molecule has 0 bridgehead atoms. The minimum absolute atomic E-state index is 0.0344. The van der Waals surface area contributed by atoms with Crippen LogP contribution < -0.4 is 16.6 Å². The van der Waals surface area contributed by atoms with Gasteiger partial charge in [0.25, 0.3) is 0 Å². The summed E-state index contributed by atoms with van der Waals surface area (Å²) in [6.45, 7) is -2.26. The molecule has 2 aromatic carbocycles. The number of halogens is 6. The highest BCUT2D eigenvalue weighted by molar-refractivity contribution is 5.91. The topological polar surface area (TPSA) is 141 Å². The Morgan fingerprint density at radius 1 is 1.13 bits per heavy atom. The van der Waals surface area contributed by atoms with E-state index in [1.807, 2.05) is 0 Å². The monoisotopic (exact) mass is 547 g/mol. The van der Waals surface area contributed by atoms with E-state index in [4.69, 9.17) is 16.0 Å². The molecular formula is C23H23F6N5O4. The lowest BCUT2D eigenvalue weighted by molar-refractivity contribution is -0.161. The Labute approximate surface area is 212 Å². The highest BCUT2D eigenvalue weighted by Crippen LogP contribution is 2.38. The van der Waals surface area contributed by atoms with Gasteiger partial charge in [0, 0.05) is 0 Å². The van der Waals surface area contributed by atoms with Crippen LogP contribution in [0.3, 0.4) is 0 Å². The lowest BCUT2D eigenvalue weighted by Gasteiger charge is -2.47. The number of hydrogen-bond donors (Lipinski definition) is 5. The molecule has 1 heterocycles. The van der Waals surface area contributed by atoms with Crippen molar-refractivity contribution in [1.29, 1.82) is 5.41 Å². The van der Waals surface area contributed by atoms with Crippen LogP contribution >= 0.6 is 0 Å². The van der Waals surface area contributed by atoms with Gasteiger partial charge >= 0.3 is 18.3 Å². The number of hydrogen-bond acceptors (Lipinski definition) is 6. The van der Waals surface area contributed by atoms with Gasteiger partial charge in [-0.3, -0.25) is 15.1 Å². The van der Waals surface area contributed by atoms with E-state index < -0.39 is 65.7 Å². The van der Waals surface area contributed by atoms with Crippen molar-refractivity contribution in [2.75, 3.05) is 19.7 Å². The van der Waals surface area contributed by atoms with Crippen LogP contribution in [0.15, 0.2) is 48.5 Å².